The minimum Gasteiger partial charge on any atom is -0.371 e. The molecule has 172 valence electrons. The van der Waals surface area contributed by atoms with Gasteiger partial charge in [0.25, 0.3) is 0 Å². The Morgan fingerprint density at radius 1 is 1.30 bits per heavy atom. The van der Waals surface area contributed by atoms with Crippen LogP contribution in [0, 0.1) is 5.92 Å². The van der Waals surface area contributed by atoms with Crippen molar-refractivity contribution in [2.24, 2.45) is 10.9 Å². The molecule has 0 bridgehead atoms. The quantitative estimate of drug-likeness (QED) is 0.432. The summed E-state index contributed by atoms with van der Waals surface area (Å²) in [4.78, 5) is 10.2. The number of hydrogen-bond donors (Lipinski definition) is 2. The average molecular weight is 435 g/mol. The van der Waals surface area contributed by atoms with Crippen LogP contribution in [0.4, 0.5) is 13.2 Å². The average Bonchev–Trinajstić information content (AvgIpc) is 3.16. The van der Waals surface area contributed by atoms with Crippen LogP contribution in [0.3, 0.4) is 0 Å². The predicted molar refractivity (Wildman–Crippen MR) is 107 cm³/mol. The zero-order chi connectivity index (χ0) is 22.0. The summed E-state index contributed by atoms with van der Waals surface area (Å²) in [5.41, 5.74) is 0. The number of rotatable bonds is 10. The van der Waals surface area contributed by atoms with Gasteiger partial charge >= 0.3 is 6.18 Å². The fourth-order valence-electron chi connectivity index (χ4n) is 3.39. The minimum absolute atomic E-state index is 0.231. The molecule has 0 radical (unpaired) electrons. The van der Waals surface area contributed by atoms with Gasteiger partial charge in [-0.2, -0.15) is 18.2 Å². The molecule has 1 fully saturated rings. The standard InChI is InChI=1S/C19H33F3N6O2/c1-4-23-18(25-12-16-26-17(27-30-16)14(3)29-5-2)24-9-6-15-7-10-28(11-8-15)13-19(20,21)22/h14-15H,4-13H2,1-3H3,(H2,23,24,25). The van der Waals surface area contributed by atoms with Crippen molar-refractivity contribution in [2.45, 2.75) is 58.9 Å². The number of piperidine rings is 1. The van der Waals surface area contributed by atoms with Crippen molar-refractivity contribution in [3.8, 4) is 0 Å². The van der Waals surface area contributed by atoms with Gasteiger partial charge in [-0.25, -0.2) is 4.99 Å². The van der Waals surface area contributed by atoms with Gasteiger partial charge in [-0.3, -0.25) is 4.90 Å². The summed E-state index contributed by atoms with van der Waals surface area (Å²) in [6.07, 6.45) is -1.89. The molecule has 11 heteroatoms. The number of halogens is 3. The molecular formula is C19H33F3N6O2. The first-order valence-corrected chi connectivity index (χ1v) is 10.6. The predicted octanol–water partition coefficient (Wildman–Crippen LogP) is 2.89. The van der Waals surface area contributed by atoms with Crippen molar-refractivity contribution in [2.75, 3.05) is 39.3 Å². The van der Waals surface area contributed by atoms with Crippen molar-refractivity contribution in [3.63, 3.8) is 0 Å². The molecule has 1 saturated heterocycles. The molecule has 0 saturated carbocycles. The number of nitrogens with one attached hydrogen (secondary N) is 2. The molecule has 0 spiro atoms. The summed E-state index contributed by atoms with van der Waals surface area (Å²) in [5, 5.41) is 10.3. The Hall–Kier alpha value is -1.88. The fraction of sp³-hybridized carbons (Fsp3) is 0.842. The van der Waals surface area contributed by atoms with Gasteiger partial charge in [-0.05, 0) is 59.0 Å². The number of likely N-dealkylation sites (tertiary alicyclic amines) is 1. The number of aliphatic imine (C=N–C) groups is 1. The molecule has 2 rings (SSSR count). The van der Waals surface area contributed by atoms with E-state index in [1.165, 1.54) is 4.90 Å². The van der Waals surface area contributed by atoms with Gasteiger partial charge in [-0.1, -0.05) is 5.16 Å². The van der Waals surface area contributed by atoms with Crippen LogP contribution in [0.5, 0.6) is 0 Å². The van der Waals surface area contributed by atoms with Crippen LogP contribution in [-0.2, 0) is 11.3 Å². The topological polar surface area (TPSA) is 87.8 Å². The van der Waals surface area contributed by atoms with Crippen LogP contribution in [0.2, 0.25) is 0 Å². The Morgan fingerprint density at radius 2 is 2.03 bits per heavy atom. The van der Waals surface area contributed by atoms with E-state index in [9.17, 15) is 13.2 Å². The van der Waals surface area contributed by atoms with Gasteiger partial charge < -0.3 is 19.9 Å². The van der Waals surface area contributed by atoms with Crippen molar-refractivity contribution >= 4 is 5.96 Å². The highest BCUT2D eigenvalue weighted by Crippen LogP contribution is 2.24. The minimum atomic E-state index is -4.12. The summed E-state index contributed by atoms with van der Waals surface area (Å²) < 4.78 is 48.1. The van der Waals surface area contributed by atoms with Crippen LogP contribution in [0.15, 0.2) is 9.52 Å². The normalized spacial score (nSPS) is 17.9. The second-order valence-corrected chi connectivity index (χ2v) is 7.39. The maximum absolute atomic E-state index is 12.5. The Labute approximate surface area is 175 Å². The highest BCUT2D eigenvalue weighted by molar-refractivity contribution is 5.79. The van der Waals surface area contributed by atoms with Gasteiger partial charge in [0.05, 0.1) is 6.54 Å². The van der Waals surface area contributed by atoms with Crippen molar-refractivity contribution in [1.29, 1.82) is 0 Å². The van der Waals surface area contributed by atoms with E-state index in [0.717, 1.165) is 19.3 Å². The van der Waals surface area contributed by atoms with Gasteiger partial charge in [0.15, 0.2) is 11.8 Å². The lowest BCUT2D eigenvalue weighted by atomic mass is 9.93. The molecule has 30 heavy (non-hydrogen) atoms. The van der Waals surface area contributed by atoms with Crippen molar-refractivity contribution < 1.29 is 22.4 Å². The zero-order valence-corrected chi connectivity index (χ0v) is 18.0. The Balaban J connectivity index is 1.74. The monoisotopic (exact) mass is 434 g/mol. The first kappa shape index (κ1) is 24.4. The van der Waals surface area contributed by atoms with E-state index in [2.05, 4.69) is 25.8 Å². The summed E-state index contributed by atoms with van der Waals surface area (Å²) in [7, 11) is 0. The second-order valence-electron chi connectivity index (χ2n) is 7.39. The molecule has 0 amide bonds. The Bertz CT molecular complexity index is 644. The highest BCUT2D eigenvalue weighted by Gasteiger charge is 2.32. The van der Waals surface area contributed by atoms with Crippen LogP contribution >= 0.6 is 0 Å². The van der Waals surface area contributed by atoms with Crippen molar-refractivity contribution in [1.82, 2.24) is 25.7 Å². The third kappa shape index (κ3) is 8.86. The number of guanidine groups is 1. The van der Waals surface area contributed by atoms with E-state index in [-0.39, 0.29) is 12.6 Å². The van der Waals surface area contributed by atoms with E-state index in [1.807, 2.05) is 20.8 Å². The molecule has 1 aromatic rings. The van der Waals surface area contributed by atoms with Crippen molar-refractivity contribution in [3.05, 3.63) is 11.7 Å². The molecule has 1 aromatic heterocycles. The molecular weight excluding hydrogens is 401 g/mol. The fourth-order valence-corrected chi connectivity index (χ4v) is 3.39. The number of alkyl halides is 3. The Kier molecular flexibility index (Phi) is 9.83. The van der Waals surface area contributed by atoms with Gasteiger partial charge in [0.1, 0.15) is 12.6 Å². The highest BCUT2D eigenvalue weighted by atomic mass is 19.4. The lowest BCUT2D eigenvalue weighted by molar-refractivity contribution is -0.148. The maximum atomic E-state index is 12.5. The Morgan fingerprint density at radius 3 is 2.67 bits per heavy atom. The van der Waals surface area contributed by atoms with E-state index >= 15 is 0 Å². The first-order valence-electron chi connectivity index (χ1n) is 10.6. The SMILES string of the molecule is CCNC(=NCc1nc(C(C)OCC)no1)NCCC1CCN(CC(F)(F)F)CC1. The molecule has 1 aliphatic rings. The first-order chi connectivity index (χ1) is 14.3. The largest absolute Gasteiger partial charge is 0.401 e. The van der Waals surface area contributed by atoms with Crippen LogP contribution in [0.25, 0.3) is 0 Å². The third-order valence-corrected chi connectivity index (χ3v) is 4.94. The van der Waals surface area contributed by atoms with Gasteiger partial charge in [-0.15, -0.1) is 0 Å². The molecule has 1 unspecified atom stereocenters. The third-order valence-electron chi connectivity index (χ3n) is 4.94. The number of hydrogen-bond acceptors (Lipinski definition) is 6. The number of aromatic nitrogens is 2. The lowest BCUT2D eigenvalue weighted by Gasteiger charge is -2.32. The summed E-state index contributed by atoms with van der Waals surface area (Å²) in [6, 6.07) is 0. The molecule has 0 aromatic carbocycles. The molecule has 1 atom stereocenters. The number of ether oxygens (including phenoxy) is 1. The van der Waals surface area contributed by atoms with Gasteiger partial charge in [0, 0.05) is 19.7 Å². The maximum Gasteiger partial charge on any atom is 0.401 e. The second kappa shape index (κ2) is 12.1. The van der Waals surface area contributed by atoms with E-state index in [4.69, 9.17) is 9.26 Å². The van der Waals surface area contributed by atoms with E-state index in [0.29, 0.717) is 56.4 Å². The zero-order valence-electron chi connectivity index (χ0n) is 18.0. The molecule has 2 N–H and O–H groups in total. The smallest absolute Gasteiger partial charge is 0.371 e. The molecule has 2 heterocycles. The van der Waals surface area contributed by atoms with Crippen LogP contribution in [0.1, 0.15) is 57.9 Å². The molecule has 0 aliphatic carbocycles. The molecule has 1 aliphatic heterocycles. The van der Waals surface area contributed by atoms with Crippen LogP contribution in [-0.4, -0.2) is 66.5 Å². The van der Waals surface area contributed by atoms with Crippen LogP contribution < -0.4 is 10.6 Å². The van der Waals surface area contributed by atoms with Gasteiger partial charge in [0.2, 0.25) is 5.89 Å². The lowest BCUT2D eigenvalue weighted by Crippen LogP contribution is -2.41. The molecule has 8 nitrogen and oxygen atoms in total. The summed E-state index contributed by atoms with van der Waals surface area (Å²) in [6.45, 7) is 8.15. The number of nitrogens with zero attached hydrogens (tertiary/aromatic N) is 4. The van der Waals surface area contributed by atoms with E-state index in [1.54, 1.807) is 0 Å². The van der Waals surface area contributed by atoms with E-state index < -0.39 is 12.7 Å². The summed E-state index contributed by atoms with van der Waals surface area (Å²) in [5.74, 6) is 1.97. The summed E-state index contributed by atoms with van der Waals surface area (Å²) >= 11 is 0.